The van der Waals surface area contributed by atoms with Crippen molar-refractivity contribution >= 4 is 23.1 Å². The maximum atomic E-state index is 11.8. The first-order valence-electron chi connectivity index (χ1n) is 7.49. The molecule has 2 heterocycles. The minimum absolute atomic E-state index is 0.0272. The lowest BCUT2D eigenvalue weighted by Crippen LogP contribution is -2.07. The molecule has 24 heavy (non-hydrogen) atoms. The van der Waals surface area contributed by atoms with Crippen molar-refractivity contribution in [3.05, 3.63) is 54.4 Å². The van der Waals surface area contributed by atoms with Crippen molar-refractivity contribution in [2.45, 2.75) is 13.3 Å². The fourth-order valence-electron chi connectivity index (χ4n) is 2.23. The number of phenolic OH excluding ortho intramolecular Hbond substituents is 1. The van der Waals surface area contributed by atoms with Crippen LogP contribution in [-0.4, -0.2) is 27.1 Å². The van der Waals surface area contributed by atoms with E-state index in [-0.39, 0.29) is 18.1 Å². The van der Waals surface area contributed by atoms with Gasteiger partial charge in [-0.2, -0.15) is 0 Å². The smallest absolute Gasteiger partial charge is 0.312 e. The summed E-state index contributed by atoms with van der Waals surface area (Å²) in [5.41, 5.74) is 1.76. The van der Waals surface area contributed by atoms with Crippen molar-refractivity contribution in [1.29, 1.82) is 0 Å². The van der Waals surface area contributed by atoms with Crippen LogP contribution in [0.5, 0.6) is 5.75 Å². The highest BCUT2D eigenvalue weighted by atomic mass is 16.5. The Morgan fingerprint density at radius 3 is 2.75 bits per heavy atom. The standard InChI is InChI=1S/C17H16N4O3/c1-2-24-16(23)11-14-17(21-10-4-3-5-15(21)18-14)20-19-12-6-8-13(22)9-7-12/h3-10,22H,2,11H2,1H3. The van der Waals surface area contributed by atoms with E-state index < -0.39 is 0 Å². The average Bonchev–Trinajstić information content (AvgIpc) is 2.92. The molecule has 3 rings (SSSR count). The molecule has 0 saturated heterocycles. The second kappa shape index (κ2) is 6.91. The van der Waals surface area contributed by atoms with E-state index >= 15 is 0 Å². The van der Waals surface area contributed by atoms with E-state index in [4.69, 9.17) is 4.74 Å². The molecule has 3 aromatic rings. The number of ether oxygens (including phenoxy) is 1. The quantitative estimate of drug-likeness (QED) is 0.574. The normalized spacial score (nSPS) is 11.2. The first kappa shape index (κ1) is 15.7. The van der Waals surface area contributed by atoms with E-state index in [1.165, 1.54) is 12.1 Å². The van der Waals surface area contributed by atoms with Gasteiger partial charge in [0.15, 0.2) is 5.82 Å². The molecule has 0 fully saturated rings. The largest absolute Gasteiger partial charge is 0.508 e. The fourth-order valence-corrected chi connectivity index (χ4v) is 2.23. The molecule has 0 amide bonds. The van der Waals surface area contributed by atoms with Crippen LogP contribution in [0.2, 0.25) is 0 Å². The predicted octanol–water partition coefficient (Wildman–Crippen LogP) is 3.56. The number of hydrogen-bond donors (Lipinski definition) is 1. The number of azo groups is 1. The summed E-state index contributed by atoms with van der Waals surface area (Å²) in [7, 11) is 0. The Balaban J connectivity index is 1.97. The van der Waals surface area contributed by atoms with Crippen molar-refractivity contribution in [1.82, 2.24) is 9.38 Å². The minimum Gasteiger partial charge on any atom is -0.508 e. The molecule has 0 aliphatic carbocycles. The van der Waals surface area contributed by atoms with Crippen molar-refractivity contribution in [2.75, 3.05) is 6.61 Å². The van der Waals surface area contributed by atoms with Crippen LogP contribution in [0.1, 0.15) is 12.6 Å². The van der Waals surface area contributed by atoms with Crippen LogP contribution in [0.15, 0.2) is 58.9 Å². The number of carbonyl (C=O) groups excluding carboxylic acids is 1. The van der Waals surface area contributed by atoms with Crippen LogP contribution < -0.4 is 0 Å². The third-order valence-electron chi connectivity index (χ3n) is 3.30. The van der Waals surface area contributed by atoms with Gasteiger partial charge in [-0.05, 0) is 43.3 Å². The Morgan fingerprint density at radius 2 is 2.00 bits per heavy atom. The molecule has 0 radical (unpaired) electrons. The van der Waals surface area contributed by atoms with Gasteiger partial charge in [-0.15, -0.1) is 10.2 Å². The monoisotopic (exact) mass is 324 g/mol. The van der Waals surface area contributed by atoms with E-state index in [0.717, 1.165) is 0 Å². The van der Waals surface area contributed by atoms with Gasteiger partial charge in [0.05, 0.1) is 24.4 Å². The van der Waals surface area contributed by atoms with Crippen molar-refractivity contribution < 1.29 is 14.6 Å². The number of nitrogens with zero attached hydrogens (tertiary/aromatic N) is 4. The zero-order chi connectivity index (χ0) is 16.9. The number of aromatic nitrogens is 2. The number of benzene rings is 1. The molecular weight excluding hydrogens is 308 g/mol. The van der Waals surface area contributed by atoms with Crippen LogP contribution in [0.25, 0.3) is 5.65 Å². The lowest BCUT2D eigenvalue weighted by atomic mass is 10.3. The summed E-state index contributed by atoms with van der Waals surface area (Å²) in [6.45, 7) is 2.07. The van der Waals surface area contributed by atoms with Gasteiger partial charge in [-0.1, -0.05) is 6.07 Å². The first-order valence-corrected chi connectivity index (χ1v) is 7.49. The third kappa shape index (κ3) is 3.40. The Kier molecular flexibility index (Phi) is 4.51. The van der Waals surface area contributed by atoms with Gasteiger partial charge < -0.3 is 9.84 Å². The summed E-state index contributed by atoms with van der Waals surface area (Å²) in [4.78, 5) is 16.2. The highest BCUT2D eigenvalue weighted by Gasteiger charge is 2.15. The van der Waals surface area contributed by atoms with Crippen LogP contribution in [0.4, 0.5) is 11.5 Å². The Labute approximate surface area is 138 Å². The molecule has 0 aliphatic heterocycles. The molecule has 7 heteroatoms. The van der Waals surface area contributed by atoms with Gasteiger partial charge in [0.25, 0.3) is 0 Å². The maximum absolute atomic E-state index is 11.8. The summed E-state index contributed by atoms with van der Waals surface area (Å²) in [5.74, 6) is 0.278. The first-order chi connectivity index (χ1) is 11.7. The van der Waals surface area contributed by atoms with Gasteiger partial charge in [-0.3, -0.25) is 9.20 Å². The number of pyridine rings is 1. The summed E-state index contributed by atoms with van der Waals surface area (Å²) in [6.07, 6.45) is 1.83. The molecule has 0 unspecified atom stereocenters. The summed E-state index contributed by atoms with van der Waals surface area (Å²) in [5, 5.41) is 17.7. The number of esters is 1. The number of imidazole rings is 1. The molecule has 122 valence electrons. The van der Waals surface area contributed by atoms with Crippen LogP contribution >= 0.6 is 0 Å². The second-order valence-electron chi connectivity index (χ2n) is 5.01. The number of hydrogen-bond acceptors (Lipinski definition) is 6. The highest BCUT2D eigenvalue weighted by molar-refractivity contribution is 5.74. The van der Waals surface area contributed by atoms with E-state index in [9.17, 15) is 9.90 Å². The number of fused-ring (bicyclic) bond motifs is 1. The van der Waals surface area contributed by atoms with E-state index in [0.29, 0.717) is 29.5 Å². The zero-order valence-electron chi connectivity index (χ0n) is 13.1. The van der Waals surface area contributed by atoms with E-state index in [2.05, 4.69) is 15.2 Å². The molecule has 1 aromatic carbocycles. The minimum atomic E-state index is -0.359. The molecule has 0 spiro atoms. The highest BCUT2D eigenvalue weighted by Crippen LogP contribution is 2.25. The van der Waals surface area contributed by atoms with Crippen LogP contribution in [-0.2, 0) is 16.0 Å². The summed E-state index contributed by atoms with van der Waals surface area (Å²) < 4.78 is 6.75. The number of carbonyl (C=O) groups is 1. The average molecular weight is 324 g/mol. The molecule has 7 nitrogen and oxygen atoms in total. The molecule has 0 aliphatic rings. The zero-order valence-corrected chi connectivity index (χ0v) is 13.1. The molecular formula is C17H16N4O3. The van der Waals surface area contributed by atoms with Crippen molar-refractivity contribution in [3.63, 3.8) is 0 Å². The maximum Gasteiger partial charge on any atom is 0.312 e. The second-order valence-corrected chi connectivity index (χ2v) is 5.01. The molecule has 1 N–H and O–H groups in total. The fraction of sp³-hybridized carbons (Fsp3) is 0.176. The number of phenols is 1. The van der Waals surface area contributed by atoms with E-state index in [1.54, 1.807) is 23.5 Å². The van der Waals surface area contributed by atoms with E-state index in [1.807, 2.05) is 24.4 Å². The van der Waals surface area contributed by atoms with Gasteiger partial charge in [0, 0.05) is 6.20 Å². The number of rotatable bonds is 5. The van der Waals surface area contributed by atoms with Gasteiger partial charge in [0.2, 0.25) is 0 Å². The Hall–Kier alpha value is -3.22. The lowest BCUT2D eigenvalue weighted by molar-refractivity contribution is -0.142. The molecule has 0 saturated carbocycles. The third-order valence-corrected chi connectivity index (χ3v) is 3.30. The van der Waals surface area contributed by atoms with Crippen LogP contribution in [0, 0.1) is 0 Å². The topological polar surface area (TPSA) is 88.5 Å². The van der Waals surface area contributed by atoms with Gasteiger partial charge in [-0.25, -0.2) is 4.98 Å². The predicted molar refractivity (Wildman–Crippen MR) is 87.8 cm³/mol. The van der Waals surface area contributed by atoms with Crippen LogP contribution in [0.3, 0.4) is 0 Å². The molecule has 0 atom stereocenters. The van der Waals surface area contributed by atoms with Gasteiger partial charge in [0.1, 0.15) is 11.4 Å². The van der Waals surface area contributed by atoms with Crippen molar-refractivity contribution in [3.8, 4) is 5.75 Å². The molecule has 0 bridgehead atoms. The Bertz CT molecular complexity index is 884. The SMILES string of the molecule is CCOC(=O)Cc1nc2ccccn2c1N=Nc1ccc(O)cc1. The molecule has 2 aromatic heterocycles. The lowest BCUT2D eigenvalue weighted by Gasteiger charge is -2.00. The summed E-state index contributed by atoms with van der Waals surface area (Å²) >= 11 is 0. The summed E-state index contributed by atoms with van der Waals surface area (Å²) in [6, 6.07) is 11.9. The Morgan fingerprint density at radius 1 is 1.21 bits per heavy atom. The number of aromatic hydroxyl groups is 1. The van der Waals surface area contributed by atoms with Gasteiger partial charge >= 0.3 is 5.97 Å². The van der Waals surface area contributed by atoms with Crippen molar-refractivity contribution in [2.24, 2.45) is 10.2 Å².